The molecule has 7 heteroatoms. The molecule has 116 valence electrons. The van der Waals surface area contributed by atoms with Crippen LogP contribution in [0.4, 0.5) is 0 Å². The van der Waals surface area contributed by atoms with Crippen molar-refractivity contribution in [2.75, 3.05) is 0 Å². The Bertz CT molecular complexity index is 994. The number of phenols is 2. The fraction of sp³-hybridized carbons (Fsp3) is 0. The van der Waals surface area contributed by atoms with Gasteiger partial charge in [-0.25, -0.2) is 0 Å². The lowest BCUT2D eigenvalue weighted by molar-refractivity contribution is 0.100. The first-order valence-electron chi connectivity index (χ1n) is 6.55. The summed E-state index contributed by atoms with van der Waals surface area (Å²) in [6.07, 6.45) is 1.53. The predicted molar refractivity (Wildman–Crippen MR) is 89.1 cm³/mol. The molecule has 0 atom stereocenters. The summed E-state index contributed by atoms with van der Waals surface area (Å²) in [5, 5.41) is 19.6. The minimum atomic E-state index is -0.807. The number of carbonyl (C=O) groups excluding carboxylic acids is 1. The Morgan fingerprint density at radius 3 is 2.35 bits per heavy atom. The van der Waals surface area contributed by atoms with Gasteiger partial charge in [0.25, 0.3) is 5.56 Å². The number of benzene rings is 2. The van der Waals surface area contributed by atoms with Gasteiger partial charge in [0.2, 0.25) is 5.91 Å². The Morgan fingerprint density at radius 1 is 1.09 bits per heavy atom. The standard InChI is InChI=1S/C16H11BrN2O4/c17-13-7-19(8-1-3-9(20)4-2-8)16(23)14-11(13)5-10(21)6-12(14)15(18)22/h1-7,20-21H,(H2,18,22). The Morgan fingerprint density at radius 2 is 1.74 bits per heavy atom. The number of aromatic hydroxyl groups is 2. The normalized spacial score (nSPS) is 10.8. The number of pyridine rings is 1. The zero-order valence-electron chi connectivity index (χ0n) is 11.7. The van der Waals surface area contributed by atoms with E-state index in [2.05, 4.69) is 15.9 Å². The number of amides is 1. The third kappa shape index (κ3) is 2.55. The number of halogens is 1. The van der Waals surface area contributed by atoms with Gasteiger partial charge in [-0.15, -0.1) is 0 Å². The lowest BCUT2D eigenvalue weighted by atomic mass is 10.0. The van der Waals surface area contributed by atoms with Crippen LogP contribution < -0.4 is 11.3 Å². The molecule has 0 aliphatic carbocycles. The molecule has 0 aliphatic heterocycles. The van der Waals surface area contributed by atoms with Crippen molar-refractivity contribution in [3.8, 4) is 17.2 Å². The zero-order valence-corrected chi connectivity index (χ0v) is 13.2. The molecule has 3 aromatic rings. The quantitative estimate of drug-likeness (QED) is 0.639. The van der Waals surface area contributed by atoms with Crippen LogP contribution in [0.3, 0.4) is 0 Å². The number of rotatable bonds is 2. The molecule has 0 aliphatic rings. The summed E-state index contributed by atoms with van der Waals surface area (Å²) in [6, 6.07) is 8.59. The number of aromatic nitrogens is 1. The summed E-state index contributed by atoms with van der Waals surface area (Å²) in [5.41, 5.74) is 5.33. The van der Waals surface area contributed by atoms with E-state index in [1.807, 2.05) is 0 Å². The number of carbonyl (C=O) groups is 1. The minimum absolute atomic E-state index is 0.0566. The second-order valence-corrected chi connectivity index (χ2v) is 5.80. The molecule has 3 rings (SSSR count). The van der Waals surface area contributed by atoms with Crippen molar-refractivity contribution >= 4 is 32.6 Å². The van der Waals surface area contributed by atoms with Gasteiger partial charge in [-0.2, -0.15) is 0 Å². The number of phenolic OH excluding ortho intramolecular Hbond substituents is 2. The van der Waals surface area contributed by atoms with Gasteiger partial charge < -0.3 is 15.9 Å². The molecular formula is C16H11BrN2O4. The highest BCUT2D eigenvalue weighted by molar-refractivity contribution is 9.10. The number of fused-ring (bicyclic) bond motifs is 1. The summed E-state index contributed by atoms with van der Waals surface area (Å²) in [5.74, 6) is -0.892. The molecule has 1 heterocycles. The van der Waals surface area contributed by atoms with Crippen LogP contribution in [-0.4, -0.2) is 20.7 Å². The largest absolute Gasteiger partial charge is 0.508 e. The maximum atomic E-state index is 12.8. The van der Waals surface area contributed by atoms with E-state index in [9.17, 15) is 19.8 Å². The van der Waals surface area contributed by atoms with Gasteiger partial charge in [0.1, 0.15) is 11.5 Å². The van der Waals surface area contributed by atoms with Gasteiger partial charge in [-0.3, -0.25) is 14.2 Å². The molecule has 0 radical (unpaired) electrons. The predicted octanol–water partition coefficient (Wildman–Crippen LogP) is 2.26. The van der Waals surface area contributed by atoms with Gasteiger partial charge >= 0.3 is 0 Å². The number of hydrogen-bond donors (Lipinski definition) is 3. The van der Waals surface area contributed by atoms with Crippen molar-refractivity contribution in [1.82, 2.24) is 4.57 Å². The monoisotopic (exact) mass is 374 g/mol. The fourth-order valence-corrected chi connectivity index (χ4v) is 2.92. The van der Waals surface area contributed by atoms with Crippen molar-refractivity contribution in [3.63, 3.8) is 0 Å². The van der Waals surface area contributed by atoms with Gasteiger partial charge in [0, 0.05) is 21.7 Å². The first kappa shape index (κ1) is 15.1. The highest BCUT2D eigenvalue weighted by Crippen LogP contribution is 2.29. The Labute approximate surface area is 138 Å². The van der Waals surface area contributed by atoms with E-state index in [1.165, 1.54) is 35.0 Å². The lowest BCUT2D eigenvalue weighted by Gasteiger charge is -2.12. The minimum Gasteiger partial charge on any atom is -0.508 e. The molecular weight excluding hydrogens is 364 g/mol. The molecule has 0 saturated heterocycles. The Kier molecular flexibility index (Phi) is 3.57. The molecule has 23 heavy (non-hydrogen) atoms. The average Bonchev–Trinajstić information content (AvgIpc) is 2.51. The van der Waals surface area contributed by atoms with E-state index in [1.54, 1.807) is 12.1 Å². The number of nitrogens with zero attached hydrogens (tertiary/aromatic N) is 1. The summed E-state index contributed by atoms with van der Waals surface area (Å²) >= 11 is 3.34. The molecule has 6 nitrogen and oxygen atoms in total. The van der Waals surface area contributed by atoms with Gasteiger partial charge in [0.15, 0.2) is 0 Å². The Hall–Kier alpha value is -2.80. The highest BCUT2D eigenvalue weighted by atomic mass is 79.9. The van der Waals surface area contributed by atoms with Crippen LogP contribution in [0.5, 0.6) is 11.5 Å². The maximum Gasteiger partial charge on any atom is 0.263 e. The summed E-state index contributed by atoms with van der Waals surface area (Å²) in [4.78, 5) is 24.4. The van der Waals surface area contributed by atoms with Gasteiger partial charge in [-0.05, 0) is 52.3 Å². The average molecular weight is 375 g/mol. The summed E-state index contributed by atoms with van der Waals surface area (Å²) in [7, 11) is 0. The Balaban J connectivity index is 2.43. The molecule has 0 fully saturated rings. The van der Waals surface area contributed by atoms with Crippen molar-refractivity contribution in [2.45, 2.75) is 0 Å². The smallest absolute Gasteiger partial charge is 0.263 e. The van der Waals surface area contributed by atoms with Crippen LogP contribution in [0.25, 0.3) is 16.5 Å². The molecule has 1 amide bonds. The third-order valence-electron chi connectivity index (χ3n) is 3.45. The molecule has 0 bridgehead atoms. The van der Waals surface area contributed by atoms with Crippen LogP contribution in [0, 0.1) is 0 Å². The fourth-order valence-electron chi connectivity index (χ4n) is 2.41. The van der Waals surface area contributed by atoms with Gasteiger partial charge in [-0.1, -0.05) is 0 Å². The molecule has 0 spiro atoms. The van der Waals surface area contributed by atoms with E-state index in [0.29, 0.717) is 15.5 Å². The zero-order chi connectivity index (χ0) is 16.7. The summed E-state index contributed by atoms with van der Waals surface area (Å²) in [6.45, 7) is 0. The van der Waals surface area contributed by atoms with E-state index < -0.39 is 11.5 Å². The van der Waals surface area contributed by atoms with Gasteiger partial charge in [0.05, 0.1) is 10.9 Å². The van der Waals surface area contributed by atoms with Crippen molar-refractivity contribution in [1.29, 1.82) is 0 Å². The van der Waals surface area contributed by atoms with Crippen LogP contribution in [0.1, 0.15) is 10.4 Å². The second-order valence-electron chi connectivity index (χ2n) is 4.95. The highest BCUT2D eigenvalue weighted by Gasteiger charge is 2.17. The molecule has 1 aromatic heterocycles. The van der Waals surface area contributed by atoms with E-state index in [0.717, 1.165) is 0 Å². The first-order valence-corrected chi connectivity index (χ1v) is 7.35. The van der Waals surface area contributed by atoms with Crippen molar-refractivity contribution < 1.29 is 15.0 Å². The van der Waals surface area contributed by atoms with Crippen LogP contribution >= 0.6 is 15.9 Å². The van der Waals surface area contributed by atoms with E-state index in [4.69, 9.17) is 5.73 Å². The summed E-state index contributed by atoms with van der Waals surface area (Å²) < 4.78 is 1.84. The lowest BCUT2D eigenvalue weighted by Crippen LogP contribution is -2.22. The van der Waals surface area contributed by atoms with Crippen LogP contribution in [0.2, 0.25) is 0 Å². The van der Waals surface area contributed by atoms with Crippen molar-refractivity contribution in [2.24, 2.45) is 5.73 Å². The molecule has 2 aromatic carbocycles. The number of hydrogen-bond acceptors (Lipinski definition) is 4. The van der Waals surface area contributed by atoms with Crippen LogP contribution in [0.15, 0.2) is 51.9 Å². The number of nitrogens with two attached hydrogens (primary N) is 1. The van der Waals surface area contributed by atoms with E-state index >= 15 is 0 Å². The third-order valence-corrected chi connectivity index (χ3v) is 4.08. The SMILES string of the molecule is NC(=O)c1cc(O)cc2c(Br)cn(-c3ccc(O)cc3)c(=O)c12. The van der Waals surface area contributed by atoms with Crippen LogP contribution in [-0.2, 0) is 0 Å². The maximum absolute atomic E-state index is 12.8. The first-order chi connectivity index (χ1) is 10.9. The number of primary amides is 1. The van der Waals surface area contributed by atoms with E-state index in [-0.39, 0.29) is 22.4 Å². The topological polar surface area (TPSA) is 106 Å². The van der Waals surface area contributed by atoms with Crippen molar-refractivity contribution in [3.05, 3.63) is 63.0 Å². The molecule has 4 N–H and O–H groups in total. The molecule has 0 unspecified atom stereocenters. The molecule has 0 saturated carbocycles. The second kappa shape index (κ2) is 5.44.